The number of carbonyl (C=O) groups is 1. The summed E-state index contributed by atoms with van der Waals surface area (Å²) in [5, 5.41) is 10.2. The Morgan fingerprint density at radius 3 is 2.65 bits per heavy atom. The zero-order valence-electron chi connectivity index (χ0n) is 13.5. The Morgan fingerprint density at radius 2 is 2.04 bits per heavy atom. The molecule has 1 aliphatic rings. The summed E-state index contributed by atoms with van der Waals surface area (Å²) in [7, 11) is 3.67. The lowest BCUT2D eigenvalue weighted by molar-refractivity contribution is 0.0501. The number of aliphatic hydroxyl groups is 1. The summed E-state index contributed by atoms with van der Waals surface area (Å²) in [6.45, 7) is 4.51. The Labute approximate surface area is 141 Å². The highest BCUT2D eigenvalue weighted by atomic mass is 35.5. The third kappa shape index (κ3) is 5.14. The fourth-order valence-corrected chi connectivity index (χ4v) is 2.75. The van der Waals surface area contributed by atoms with Crippen LogP contribution in [0.25, 0.3) is 0 Å². The Kier molecular flexibility index (Phi) is 6.35. The van der Waals surface area contributed by atoms with Crippen LogP contribution in [0.15, 0.2) is 18.2 Å². The van der Waals surface area contributed by atoms with Gasteiger partial charge < -0.3 is 14.9 Å². The largest absolute Gasteiger partial charge is 0.390 e. The molecule has 1 N–H and O–H groups in total. The van der Waals surface area contributed by atoms with Crippen LogP contribution < -0.4 is 0 Å². The first-order valence-corrected chi connectivity index (χ1v) is 8.04. The van der Waals surface area contributed by atoms with Crippen molar-refractivity contribution < 1.29 is 14.3 Å². The third-order valence-corrected chi connectivity index (χ3v) is 4.37. The molecule has 128 valence electrons. The van der Waals surface area contributed by atoms with Gasteiger partial charge in [0.25, 0.3) is 5.91 Å². The Balaban J connectivity index is 1.86. The predicted molar refractivity (Wildman–Crippen MR) is 88.3 cm³/mol. The molecule has 1 saturated heterocycles. The Hall–Kier alpha value is -1.21. The topological polar surface area (TPSA) is 47.0 Å². The highest BCUT2D eigenvalue weighted by molar-refractivity contribution is 6.30. The van der Waals surface area contributed by atoms with E-state index in [4.69, 9.17) is 11.6 Å². The molecule has 1 heterocycles. The summed E-state index contributed by atoms with van der Waals surface area (Å²) in [5.41, 5.74) is 0.223. The summed E-state index contributed by atoms with van der Waals surface area (Å²) < 4.78 is 13.4. The molecule has 1 aliphatic heterocycles. The van der Waals surface area contributed by atoms with E-state index in [-0.39, 0.29) is 23.0 Å². The Bertz CT molecular complexity index is 550. The number of piperazine rings is 1. The number of likely N-dealkylation sites (N-methyl/N-ethyl adjacent to an activating group) is 2. The van der Waals surface area contributed by atoms with Crippen LogP contribution in [0.2, 0.25) is 5.02 Å². The standard InChI is InChI=1S/C16H23ClFN3O2/c1-19-5-7-21(8-6-19)11-13(22)10-20(2)16(23)12-3-4-14(17)15(18)9-12/h3-4,9,13,22H,5-8,10-11H2,1-2H3. The van der Waals surface area contributed by atoms with Crippen molar-refractivity contribution in [1.29, 1.82) is 0 Å². The SMILES string of the molecule is CN1CCN(CC(O)CN(C)C(=O)c2ccc(Cl)c(F)c2)CC1. The minimum absolute atomic E-state index is 0.0145. The van der Waals surface area contributed by atoms with Crippen LogP contribution in [-0.2, 0) is 0 Å². The summed E-state index contributed by atoms with van der Waals surface area (Å²) in [6.07, 6.45) is -0.635. The molecular weight excluding hydrogens is 321 g/mol. The van der Waals surface area contributed by atoms with E-state index in [2.05, 4.69) is 16.8 Å². The summed E-state index contributed by atoms with van der Waals surface area (Å²) in [4.78, 5) is 18.1. The Morgan fingerprint density at radius 1 is 1.39 bits per heavy atom. The number of aliphatic hydroxyl groups excluding tert-OH is 1. The quantitative estimate of drug-likeness (QED) is 0.871. The number of hydrogen-bond donors (Lipinski definition) is 1. The number of amides is 1. The van der Waals surface area contributed by atoms with Crippen LogP contribution in [0.4, 0.5) is 4.39 Å². The maximum atomic E-state index is 13.4. The van der Waals surface area contributed by atoms with Gasteiger partial charge in [-0.05, 0) is 25.2 Å². The van der Waals surface area contributed by atoms with Crippen molar-refractivity contribution in [1.82, 2.24) is 14.7 Å². The van der Waals surface area contributed by atoms with E-state index < -0.39 is 11.9 Å². The monoisotopic (exact) mass is 343 g/mol. The number of benzene rings is 1. The molecule has 1 aromatic carbocycles. The number of halogens is 2. The first-order valence-electron chi connectivity index (χ1n) is 7.66. The van der Waals surface area contributed by atoms with E-state index in [1.807, 2.05) is 0 Å². The van der Waals surface area contributed by atoms with Gasteiger partial charge in [-0.25, -0.2) is 4.39 Å². The van der Waals surface area contributed by atoms with Crippen LogP contribution in [0.5, 0.6) is 0 Å². The molecule has 1 unspecified atom stereocenters. The van der Waals surface area contributed by atoms with Crippen LogP contribution in [-0.4, -0.2) is 85.2 Å². The molecular formula is C16H23ClFN3O2. The molecule has 0 bridgehead atoms. The third-order valence-electron chi connectivity index (χ3n) is 4.06. The second-order valence-corrected chi connectivity index (χ2v) is 6.48. The van der Waals surface area contributed by atoms with Crippen molar-refractivity contribution in [2.24, 2.45) is 0 Å². The minimum Gasteiger partial charge on any atom is -0.390 e. The van der Waals surface area contributed by atoms with E-state index in [9.17, 15) is 14.3 Å². The van der Waals surface area contributed by atoms with E-state index >= 15 is 0 Å². The van der Waals surface area contributed by atoms with Crippen molar-refractivity contribution in [3.63, 3.8) is 0 Å². The van der Waals surface area contributed by atoms with Gasteiger partial charge in [0.1, 0.15) is 5.82 Å². The van der Waals surface area contributed by atoms with Gasteiger partial charge >= 0.3 is 0 Å². The van der Waals surface area contributed by atoms with Gasteiger partial charge in [-0.2, -0.15) is 0 Å². The van der Waals surface area contributed by atoms with Crippen molar-refractivity contribution in [3.8, 4) is 0 Å². The lowest BCUT2D eigenvalue weighted by Crippen LogP contribution is -2.49. The van der Waals surface area contributed by atoms with Gasteiger partial charge in [0.15, 0.2) is 0 Å². The van der Waals surface area contributed by atoms with Crippen LogP contribution >= 0.6 is 11.6 Å². The van der Waals surface area contributed by atoms with Crippen molar-refractivity contribution >= 4 is 17.5 Å². The summed E-state index contributed by atoms with van der Waals surface area (Å²) >= 11 is 5.62. The second-order valence-electron chi connectivity index (χ2n) is 6.07. The predicted octanol–water partition coefficient (Wildman–Crippen LogP) is 1.16. The van der Waals surface area contributed by atoms with Crippen molar-refractivity contribution in [2.75, 3.05) is 53.4 Å². The molecule has 0 spiro atoms. The number of rotatable bonds is 5. The molecule has 7 heteroatoms. The molecule has 0 aromatic heterocycles. The average Bonchev–Trinajstić information content (AvgIpc) is 2.51. The van der Waals surface area contributed by atoms with Gasteiger partial charge in [-0.3, -0.25) is 9.69 Å². The molecule has 1 aromatic rings. The second kappa shape index (κ2) is 8.06. The van der Waals surface area contributed by atoms with Gasteiger partial charge in [0.2, 0.25) is 0 Å². The fraction of sp³-hybridized carbons (Fsp3) is 0.562. The summed E-state index contributed by atoms with van der Waals surface area (Å²) in [6, 6.07) is 3.96. The first-order chi connectivity index (χ1) is 10.9. The molecule has 23 heavy (non-hydrogen) atoms. The van der Waals surface area contributed by atoms with E-state index in [0.29, 0.717) is 6.54 Å². The zero-order chi connectivity index (χ0) is 17.0. The first kappa shape index (κ1) is 18.1. The van der Waals surface area contributed by atoms with Gasteiger partial charge in [0.05, 0.1) is 11.1 Å². The minimum atomic E-state index is -0.635. The molecule has 1 atom stereocenters. The molecule has 0 radical (unpaired) electrons. The van der Waals surface area contributed by atoms with Crippen LogP contribution in [0, 0.1) is 5.82 Å². The molecule has 0 aliphatic carbocycles. The highest BCUT2D eigenvalue weighted by Gasteiger charge is 2.20. The maximum Gasteiger partial charge on any atom is 0.253 e. The number of carbonyl (C=O) groups excluding carboxylic acids is 1. The van der Waals surface area contributed by atoms with E-state index in [1.54, 1.807) is 7.05 Å². The van der Waals surface area contributed by atoms with Gasteiger partial charge in [-0.15, -0.1) is 0 Å². The summed E-state index contributed by atoms with van der Waals surface area (Å²) in [5.74, 6) is -0.957. The van der Waals surface area contributed by atoms with Crippen molar-refractivity contribution in [2.45, 2.75) is 6.10 Å². The molecule has 1 amide bonds. The van der Waals surface area contributed by atoms with Crippen LogP contribution in [0.3, 0.4) is 0 Å². The smallest absolute Gasteiger partial charge is 0.253 e. The fourth-order valence-electron chi connectivity index (χ4n) is 2.63. The number of nitrogens with zero attached hydrogens (tertiary/aromatic N) is 3. The van der Waals surface area contributed by atoms with Crippen LogP contribution in [0.1, 0.15) is 10.4 Å². The van der Waals surface area contributed by atoms with Gasteiger partial charge in [0, 0.05) is 51.9 Å². The lowest BCUT2D eigenvalue weighted by atomic mass is 10.2. The van der Waals surface area contributed by atoms with E-state index in [0.717, 1.165) is 32.2 Å². The lowest BCUT2D eigenvalue weighted by Gasteiger charge is -2.34. The number of β-amino-alcohol motifs (C(OH)–C–C–N with tert-alkyl or cyclic N) is 1. The van der Waals surface area contributed by atoms with Gasteiger partial charge in [-0.1, -0.05) is 11.6 Å². The molecule has 1 fully saturated rings. The zero-order valence-corrected chi connectivity index (χ0v) is 14.3. The highest BCUT2D eigenvalue weighted by Crippen LogP contribution is 2.16. The normalized spacial score (nSPS) is 18.0. The van der Waals surface area contributed by atoms with Crippen molar-refractivity contribution in [3.05, 3.63) is 34.6 Å². The molecule has 2 rings (SSSR count). The molecule has 0 saturated carbocycles. The average molecular weight is 344 g/mol. The number of hydrogen-bond acceptors (Lipinski definition) is 4. The van der Waals surface area contributed by atoms with E-state index in [1.165, 1.54) is 17.0 Å². The maximum absolute atomic E-state index is 13.4. The molecule has 5 nitrogen and oxygen atoms in total.